The molecule has 0 saturated heterocycles. The molecule has 1 N–H and O–H groups in total. The maximum absolute atomic E-state index is 13.0. The molecule has 152 valence electrons. The summed E-state index contributed by atoms with van der Waals surface area (Å²) in [5.41, 5.74) is 1.39. The molecule has 30 heavy (non-hydrogen) atoms. The molecule has 0 fully saturated rings. The Bertz CT molecular complexity index is 1370. The summed E-state index contributed by atoms with van der Waals surface area (Å²) >= 11 is 0. The van der Waals surface area contributed by atoms with Crippen LogP contribution in [0, 0.1) is 0 Å². The zero-order valence-corrected chi connectivity index (χ0v) is 15.4. The highest BCUT2D eigenvalue weighted by Crippen LogP contribution is 2.29. The number of hydrogen-bond donors (Lipinski definition) is 1. The van der Waals surface area contributed by atoms with Crippen molar-refractivity contribution in [2.45, 2.75) is 19.3 Å². The van der Waals surface area contributed by atoms with Gasteiger partial charge in [0.15, 0.2) is 11.3 Å². The van der Waals surface area contributed by atoms with E-state index in [2.05, 4.69) is 15.2 Å². The van der Waals surface area contributed by atoms with E-state index in [0.29, 0.717) is 21.8 Å². The van der Waals surface area contributed by atoms with Crippen molar-refractivity contribution in [3.8, 4) is 0 Å². The smallest absolute Gasteiger partial charge is 0.354 e. The zero-order chi connectivity index (χ0) is 21.0. The standard InChI is InChI=1S/C20H14F3N5O2/c21-20(22,23)19-26-25-16-10-27(7-8-28(16)19)18(30)11-5-6-15-13(9-11)17(29)12-3-1-2-4-14(12)24-15/h1-6,9H,7-8,10H2,(H,24,29). The number of pyridine rings is 1. The van der Waals surface area contributed by atoms with Gasteiger partial charge in [0.2, 0.25) is 5.82 Å². The third-order valence-corrected chi connectivity index (χ3v) is 5.25. The van der Waals surface area contributed by atoms with E-state index >= 15 is 0 Å². The van der Waals surface area contributed by atoms with Crippen molar-refractivity contribution in [1.29, 1.82) is 0 Å². The van der Waals surface area contributed by atoms with Crippen LogP contribution < -0.4 is 5.43 Å². The van der Waals surface area contributed by atoms with E-state index in [4.69, 9.17) is 0 Å². The van der Waals surface area contributed by atoms with Crippen LogP contribution in [0.4, 0.5) is 13.2 Å². The van der Waals surface area contributed by atoms with Crippen molar-refractivity contribution in [1.82, 2.24) is 24.6 Å². The number of para-hydroxylation sites is 1. The number of nitrogens with zero attached hydrogens (tertiary/aromatic N) is 4. The average Bonchev–Trinajstić information content (AvgIpc) is 3.17. The van der Waals surface area contributed by atoms with Crippen molar-refractivity contribution in [2.75, 3.05) is 6.54 Å². The average molecular weight is 413 g/mol. The number of hydrogen-bond acceptors (Lipinski definition) is 4. The van der Waals surface area contributed by atoms with Crippen LogP contribution in [-0.4, -0.2) is 37.1 Å². The molecule has 0 spiro atoms. The molecule has 0 aliphatic carbocycles. The molecule has 5 rings (SSSR count). The molecule has 0 saturated carbocycles. The van der Waals surface area contributed by atoms with Gasteiger partial charge >= 0.3 is 6.18 Å². The summed E-state index contributed by atoms with van der Waals surface area (Å²) in [6, 6.07) is 11.9. The Balaban J connectivity index is 1.49. The molecule has 2 aromatic carbocycles. The fourth-order valence-electron chi connectivity index (χ4n) is 3.78. The summed E-state index contributed by atoms with van der Waals surface area (Å²) in [6.45, 7) is -0.0607. The monoisotopic (exact) mass is 413 g/mol. The summed E-state index contributed by atoms with van der Waals surface area (Å²) in [5.74, 6) is -1.37. The Morgan fingerprint density at radius 3 is 2.57 bits per heavy atom. The normalized spacial score (nSPS) is 14.3. The van der Waals surface area contributed by atoms with Crippen molar-refractivity contribution >= 4 is 27.7 Å². The first kappa shape index (κ1) is 18.3. The summed E-state index contributed by atoms with van der Waals surface area (Å²) in [7, 11) is 0. The molecule has 0 radical (unpaired) electrons. The fourth-order valence-corrected chi connectivity index (χ4v) is 3.78. The van der Waals surface area contributed by atoms with Crippen LogP contribution in [-0.2, 0) is 19.3 Å². The molecule has 0 atom stereocenters. The lowest BCUT2D eigenvalue weighted by Gasteiger charge is -2.28. The van der Waals surface area contributed by atoms with Crippen LogP contribution in [0.15, 0.2) is 47.3 Å². The first-order valence-corrected chi connectivity index (χ1v) is 9.16. The number of benzene rings is 2. The van der Waals surface area contributed by atoms with Gasteiger partial charge in [-0.15, -0.1) is 10.2 Å². The zero-order valence-electron chi connectivity index (χ0n) is 15.4. The van der Waals surface area contributed by atoms with Gasteiger partial charge < -0.3 is 14.5 Å². The highest BCUT2D eigenvalue weighted by molar-refractivity contribution is 6.00. The van der Waals surface area contributed by atoms with Gasteiger partial charge in [-0.25, -0.2) is 0 Å². The summed E-state index contributed by atoms with van der Waals surface area (Å²) in [4.78, 5) is 30.4. The van der Waals surface area contributed by atoms with Crippen LogP contribution >= 0.6 is 0 Å². The van der Waals surface area contributed by atoms with Gasteiger partial charge in [0, 0.05) is 40.5 Å². The fraction of sp³-hybridized carbons (Fsp3) is 0.200. The number of aromatic amines is 1. The minimum absolute atomic E-state index is 0.0539. The molecule has 10 heteroatoms. The van der Waals surface area contributed by atoms with E-state index in [9.17, 15) is 22.8 Å². The Morgan fingerprint density at radius 1 is 1.00 bits per heavy atom. The second-order valence-corrected chi connectivity index (χ2v) is 7.08. The molecule has 1 aliphatic heterocycles. The highest BCUT2D eigenvalue weighted by atomic mass is 19.4. The Labute approximate surface area is 166 Å². The topological polar surface area (TPSA) is 83.9 Å². The minimum atomic E-state index is -4.60. The largest absolute Gasteiger partial charge is 0.451 e. The molecular weight excluding hydrogens is 399 g/mol. The predicted octanol–water partition coefficient (Wildman–Crippen LogP) is 2.95. The molecule has 1 aliphatic rings. The first-order chi connectivity index (χ1) is 14.3. The number of carbonyl (C=O) groups excluding carboxylic acids is 1. The summed E-state index contributed by atoms with van der Waals surface area (Å²) in [5, 5.41) is 7.70. The minimum Gasteiger partial charge on any atom is -0.354 e. The number of alkyl halides is 3. The number of H-pyrrole nitrogens is 1. The molecule has 0 unspecified atom stereocenters. The van der Waals surface area contributed by atoms with E-state index in [0.717, 1.165) is 4.57 Å². The lowest BCUT2D eigenvalue weighted by Crippen LogP contribution is -2.39. The molecule has 1 amide bonds. The van der Waals surface area contributed by atoms with Gasteiger partial charge in [-0.1, -0.05) is 12.1 Å². The maximum atomic E-state index is 13.0. The third-order valence-electron chi connectivity index (χ3n) is 5.25. The molecule has 7 nitrogen and oxygen atoms in total. The van der Waals surface area contributed by atoms with Crippen LogP contribution in [0.25, 0.3) is 21.8 Å². The van der Waals surface area contributed by atoms with Gasteiger partial charge in [0.25, 0.3) is 5.91 Å². The number of halogens is 3. The summed E-state index contributed by atoms with van der Waals surface area (Å²) < 4.78 is 40.0. The molecule has 3 heterocycles. The lowest BCUT2D eigenvalue weighted by atomic mass is 10.1. The Hall–Kier alpha value is -3.69. The van der Waals surface area contributed by atoms with E-state index < -0.39 is 12.0 Å². The van der Waals surface area contributed by atoms with Crippen LogP contribution in [0.5, 0.6) is 0 Å². The van der Waals surface area contributed by atoms with Crippen LogP contribution in [0.1, 0.15) is 22.0 Å². The van der Waals surface area contributed by atoms with Gasteiger partial charge in [0.05, 0.1) is 6.54 Å². The number of fused-ring (bicyclic) bond motifs is 3. The van der Waals surface area contributed by atoms with E-state index in [1.807, 2.05) is 6.07 Å². The number of carbonyl (C=O) groups is 1. The third kappa shape index (κ3) is 2.83. The number of rotatable bonds is 1. The molecular formula is C20H14F3N5O2. The van der Waals surface area contributed by atoms with Gasteiger partial charge in [-0.05, 0) is 30.3 Å². The van der Waals surface area contributed by atoms with Gasteiger partial charge in [0.1, 0.15) is 0 Å². The van der Waals surface area contributed by atoms with Crippen molar-refractivity contribution in [2.24, 2.45) is 0 Å². The maximum Gasteiger partial charge on any atom is 0.451 e. The number of amides is 1. The summed E-state index contributed by atoms with van der Waals surface area (Å²) in [6.07, 6.45) is -4.60. The molecule has 0 bridgehead atoms. The van der Waals surface area contributed by atoms with E-state index in [-0.39, 0.29) is 42.4 Å². The SMILES string of the molecule is O=C(c1ccc2[nH]c3ccccc3c(=O)c2c1)N1CCn2c(nnc2C(F)(F)F)C1. The first-order valence-electron chi connectivity index (χ1n) is 9.16. The number of aromatic nitrogens is 4. The lowest BCUT2D eigenvalue weighted by molar-refractivity contribution is -0.147. The highest BCUT2D eigenvalue weighted by Gasteiger charge is 2.40. The van der Waals surface area contributed by atoms with Crippen LogP contribution in [0.2, 0.25) is 0 Å². The van der Waals surface area contributed by atoms with Gasteiger partial charge in [-0.3, -0.25) is 9.59 Å². The Kier molecular flexibility index (Phi) is 3.92. The molecule has 2 aromatic heterocycles. The van der Waals surface area contributed by atoms with Crippen molar-refractivity contribution < 1.29 is 18.0 Å². The van der Waals surface area contributed by atoms with Crippen molar-refractivity contribution in [3.63, 3.8) is 0 Å². The van der Waals surface area contributed by atoms with E-state index in [1.165, 1.54) is 11.0 Å². The Morgan fingerprint density at radius 2 is 1.77 bits per heavy atom. The van der Waals surface area contributed by atoms with Gasteiger partial charge in [-0.2, -0.15) is 13.2 Å². The second-order valence-electron chi connectivity index (χ2n) is 7.08. The van der Waals surface area contributed by atoms with Crippen molar-refractivity contribution in [3.05, 3.63) is 69.9 Å². The molecule has 4 aromatic rings. The van der Waals surface area contributed by atoms with Crippen LogP contribution in [0.3, 0.4) is 0 Å². The second kappa shape index (κ2) is 6.41. The van der Waals surface area contributed by atoms with E-state index in [1.54, 1.807) is 30.3 Å². The quantitative estimate of drug-likeness (QED) is 0.487. The predicted molar refractivity (Wildman–Crippen MR) is 102 cm³/mol. The number of nitrogens with one attached hydrogen (secondary N) is 1.